The Morgan fingerprint density at radius 1 is 1.24 bits per heavy atom. The molecule has 0 aliphatic heterocycles. The largest absolute Gasteiger partial charge is 0.443 e. The first-order chi connectivity index (χ1) is 17.6. The molecule has 0 spiro atoms. The van der Waals surface area contributed by atoms with E-state index in [2.05, 4.69) is 25.2 Å². The van der Waals surface area contributed by atoms with E-state index in [1.165, 1.54) is 0 Å². The van der Waals surface area contributed by atoms with E-state index in [0.29, 0.717) is 12.3 Å². The van der Waals surface area contributed by atoms with E-state index in [1.54, 1.807) is 0 Å². The average Bonchev–Trinajstić information content (AvgIpc) is 3.53. The number of nitrogens with two attached hydrogens (primary N) is 1. The summed E-state index contributed by atoms with van der Waals surface area (Å²) < 4.78 is 7.59. The summed E-state index contributed by atoms with van der Waals surface area (Å²) >= 11 is 0. The van der Waals surface area contributed by atoms with Crippen molar-refractivity contribution in [3.63, 3.8) is 0 Å². The third-order valence-corrected chi connectivity index (χ3v) is 7.44. The van der Waals surface area contributed by atoms with Crippen LogP contribution in [0.25, 0.3) is 5.65 Å². The SMILES string of the molecule is CC(C)c1cnn2c(C(Cc3cccc(NC(=O)C4=CCC4)c3)C(C)(C)OC(N)=O)cc(C3CC3)nc12. The summed E-state index contributed by atoms with van der Waals surface area (Å²) in [6.07, 6.45) is 7.59. The van der Waals surface area contributed by atoms with Gasteiger partial charge in [0.15, 0.2) is 5.65 Å². The van der Waals surface area contributed by atoms with Crippen molar-refractivity contribution >= 4 is 23.3 Å². The van der Waals surface area contributed by atoms with Crippen molar-refractivity contribution in [2.24, 2.45) is 5.73 Å². The molecule has 1 aromatic carbocycles. The second-order valence-corrected chi connectivity index (χ2v) is 11.1. The molecule has 0 bridgehead atoms. The van der Waals surface area contributed by atoms with Gasteiger partial charge in [-0.25, -0.2) is 14.3 Å². The van der Waals surface area contributed by atoms with E-state index in [1.807, 2.05) is 54.9 Å². The van der Waals surface area contributed by atoms with Gasteiger partial charge in [0.2, 0.25) is 0 Å². The molecular weight excluding hydrogens is 466 g/mol. The molecule has 1 atom stereocenters. The van der Waals surface area contributed by atoms with Crippen molar-refractivity contribution < 1.29 is 14.3 Å². The molecular formula is C29H35N5O3. The fraction of sp³-hybridized carbons (Fsp3) is 0.448. The third kappa shape index (κ3) is 5.24. The summed E-state index contributed by atoms with van der Waals surface area (Å²) in [6.45, 7) is 8.04. The Labute approximate surface area is 217 Å². The standard InChI is InChI=1S/C29H35N5O3/c1-17(2)22-16-31-34-25(15-24(19-11-12-19)33-26(22)34)23(29(3,4)37-28(30)36)14-18-7-5-10-21(13-18)32-27(35)20-8-6-9-20/h5,7-8,10,13,15-17,19,23H,6,9,11-12,14H2,1-4H3,(H2,30,36)(H,32,35). The van der Waals surface area contributed by atoms with E-state index in [4.69, 9.17) is 20.6 Å². The lowest BCUT2D eigenvalue weighted by molar-refractivity contribution is -0.113. The first kappa shape index (κ1) is 25.0. The Hall–Kier alpha value is -3.68. The topological polar surface area (TPSA) is 112 Å². The van der Waals surface area contributed by atoms with Gasteiger partial charge in [0, 0.05) is 34.4 Å². The number of allylic oxidation sites excluding steroid dienone is 1. The van der Waals surface area contributed by atoms with Gasteiger partial charge in [-0.3, -0.25) is 4.79 Å². The lowest BCUT2D eigenvalue weighted by Crippen LogP contribution is -2.39. The van der Waals surface area contributed by atoms with Gasteiger partial charge >= 0.3 is 6.09 Å². The molecule has 37 heavy (non-hydrogen) atoms. The van der Waals surface area contributed by atoms with Crippen LogP contribution in [0.15, 0.2) is 48.2 Å². The summed E-state index contributed by atoms with van der Waals surface area (Å²) in [5.74, 6) is 0.383. The van der Waals surface area contributed by atoms with Crippen molar-refractivity contribution in [3.05, 3.63) is 70.7 Å². The Morgan fingerprint density at radius 2 is 2.00 bits per heavy atom. The lowest BCUT2D eigenvalue weighted by Gasteiger charge is -2.34. The second kappa shape index (κ2) is 9.65. The number of carbonyl (C=O) groups excluding carboxylic acids is 2. The number of aromatic nitrogens is 3. The number of ether oxygens (including phenoxy) is 1. The molecule has 0 saturated heterocycles. The maximum Gasteiger partial charge on any atom is 0.405 e. The third-order valence-electron chi connectivity index (χ3n) is 7.44. The summed E-state index contributed by atoms with van der Waals surface area (Å²) in [7, 11) is 0. The van der Waals surface area contributed by atoms with Crippen LogP contribution in [0, 0.1) is 0 Å². The smallest absolute Gasteiger partial charge is 0.405 e. The van der Waals surface area contributed by atoms with E-state index in [0.717, 1.165) is 65.1 Å². The van der Waals surface area contributed by atoms with Crippen LogP contribution in [0.2, 0.25) is 0 Å². The highest BCUT2D eigenvalue weighted by atomic mass is 16.6. The predicted molar refractivity (Wildman–Crippen MR) is 143 cm³/mol. The van der Waals surface area contributed by atoms with E-state index < -0.39 is 11.7 Å². The predicted octanol–water partition coefficient (Wildman–Crippen LogP) is 5.59. The van der Waals surface area contributed by atoms with Gasteiger partial charge in [0.1, 0.15) is 5.60 Å². The molecule has 8 nitrogen and oxygen atoms in total. The lowest BCUT2D eigenvalue weighted by atomic mass is 9.82. The molecule has 1 saturated carbocycles. The van der Waals surface area contributed by atoms with Crippen LogP contribution >= 0.6 is 0 Å². The van der Waals surface area contributed by atoms with Crippen LogP contribution in [0.3, 0.4) is 0 Å². The average molecular weight is 502 g/mol. The molecule has 2 aromatic heterocycles. The van der Waals surface area contributed by atoms with Crippen molar-refractivity contribution in [3.8, 4) is 0 Å². The van der Waals surface area contributed by atoms with Crippen LogP contribution in [0.5, 0.6) is 0 Å². The number of carbonyl (C=O) groups is 2. The van der Waals surface area contributed by atoms with Gasteiger partial charge in [-0.15, -0.1) is 0 Å². The summed E-state index contributed by atoms with van der Waals surface area (Å²) in [5.41, 5.74) is 11.1. The molecule has 2 aliphatic rings. The van der Waals surface area contributed by atoms with Gasteiger partial charge in [-0.1, -0.05) is 32.1 Å². The van der Waals surface area contributed by atoms with Gasteiger partial charge in [0.25, 0.3) is 5.91 Å². The maximum absolute atomic E-state index is 12.5. The van der Waals surface area contributed by atoms with Crippen LogP contribution in [0.4, 0.5) is 10.5 Å². The van der Waals surface area contributed by atoms with Crippen LogP contribution in [0.1, 0.15) is 93.6 Å². The highest BCUT2D eigenvalue weighted by Gasteiger charge is 2.38. The summed E-state index contributed by atoms with van der Waals surface area (Å²) in [6, 6.07) is 9.94. The van der Waals surface area contributed by atoms with Crippen molar-refractivity contribution in [1.29, 1.82) is 0 Å². The van der Waals surface area contributed by atoms with Crippen LogP contribution in [-0.2, 0) is 16.0 Å². The molecule has 2 aliphatic carbocycles. The Morgan fingerprint density at radius 3 is 2.62 bits per heavy atom. The number of nitrogens with one attached hydrogen (secondary N) is 1. The highest BCUT2D eigenvalue weighted by molar-refractivity contribution is 6.04. The van der Waals surface area contributed by atoms with E-state index in [-0.39, 0.29) is 17.7 Å². The monoisotopic (exact) mass is 501 g/mol. The Balaban J connectivity index is 1.56. The fourth-order valence-corrected chi connectivity index (χ4v) is 5.02. The van der Waals surface area contributed by atoms with Gasteiger partial charge in [-0.05, 0) is 75.6 Å². The van der Waals surface area contributed by atoms with Gasteiger partial charge < -0.3 is 15.8 Å². The maximum atomic E-state index is 12.5. The number of hydrogen-bond donors (Lipinski definition) is 2. The van der Waals surface area contributed by atoms with Crippen LogP contribution < -0.4 is 11.1 Å². The zero-order valence-electron chi connectivity index (χ0n) is 22.0. The molecule has 0 radical (unpaired) electrons. The number of anilines is 1. The molecule has 5 rings (SSSR count). The number of amides is 2. The van der Waals surface area contributed by atoms with Crippen molar-refractivity contribution in [2.45, 2.75) is 83.2 Å². The molecule has 3 N–H and O–H groups in total. The van der Waals surface area contributed by atoms with Gasteiger partial charge in [-0.2, -0.15) is 5.10 Å². The number of primary amides is 1. The normalized spacial score (nSPS) is 16.3. The molecule has 194 valence electrons. The van der Waals surface area contributed by atoms with Crippen molar-refractivity contribution in [1.82, 2.24) is 14.6 Å². The molecule has 1 fully saturated rings. The molecule has 8 heteroatoms. The number of rotatable bonds is 9. The van der Waals surface area contributed by atoms with Gasteiger partial charge in [0.05, 0.1) is 11.9 Å². The zero-order chi connectivity index (χ0) is 26.3. The van der Waals surface area contributed by atoms with E-state index in [9.17, 15) is 9.59 Å². The van der Waals surface area contributed by atoms with E-state index >= 15 is 0 Å². The molecule has 2 amide bonds. The number of hydrogen-bond acceptors (Lipinski definition) is 5. The Kier molecular flexibility index (Phi) is 6.52. The number of benzene rings is 1. The van der Waals surface area contributed by atoms with Crippen LogP contribution in [-0.4, -0.2) is 32.2 Å². The summed E-state index contributed by atoms with van der Waals surface area (Å²) in [5, 5.41) is 7.73. The minimum absolute atomic E-state index is 0.0555. The molecule has 3 aromatic rings. The molecule has 2 heterocycles. The number of nitrogens with zero attached hydrogens (tertiary/aromatic N) is 3. The minimum Gasteiger partial charge on any atom is -0.443 e. The molecule has 1 unspecified atom stereocenters. The first-order valence-corrected chi connectivity index (χ1v) is 13.1. The quantitative estimate of drug-likeness (QED) is 0.397. The second-order valence-electron chi connectivity index (χ2n) is 11.1. The zero-order valence-corrected chi connectivity index (χ0v) is 22.0. The number of fused-ring (bicyclic) bond motifs is 1. The summed E-state index contributed by atoms with van der Waals surface area (Å²) in [4.78, 5) is 29.4. The highest BCUT2D eigenvalue weighted by Crippen LogP contribution is 2.42. The van der Waals surface area contributed by atoms with Crippen molar-refractivity contribution in [2.75, 3.05) is 5.32 Å². The first-order valence-electron chi connectivity index (χ1n) is 13.1. The minimum atomic E-state index is -0.930. The fourth-order valence-electron chi connectivity index (χ4n) is 5.02. The Bertz CT molecular complexity index is 1380.